The summed E-state index contributed by atoms with van der Waals surface area (Å²) in [4.78, 5) is 0. The Labute approximate surface area is 195 Å². The average molecular weight is 430 g/mol. The Morgan fingerprint density at radius 3 is 1.29 bits per heavy atom. The van der Waals surface area contributed by atoms with Crippen LogP contribution < -0.4 is 0 Å². The molecular formula is C30H53O. The van der Waals surface area contributed by atoms with Crippen molar-refractivity contribution in [2.45, 2.75) is 148 Å². The molecule has 0 aliphatic carbocycles. The van der Waals surface area contributed by atoms with Crippen molar-refractivity contribution in [3.8, 4) is 0 Å². The fourth-order valence-electron chi connectivity index (χ4n) is 4.81. The molecule has 0 aromatic heterocycles. The van der Waals surface area contributed by atoms with E-state index in [-0.39, 0.29) is 6.61 Å². The Morgan fingerprint density at radius 1 is 0.516 bits per heavy atom. The van der Waals surface area contributed by atoms with Gasteiger partial charge in [0.15, 0.2) is 0 Å². The molecule has 0 spiro atoms. The predicted molar refractivity (Wildman–Crippen MR) is 137 cm³/mol. The zero-order valence-corrected chi connectivity index (χ0v) is 20.9. The Morgan fingerprint density at radius 2 is 0.903 bits per heavy atom. The quantitative estimate of drug-likeness (QED) is 0.154. The highest BCUT2D eigenvalue weighted by Gasteiger charge is 2.10. The lowest BCUT2D eigenvalue weighted by molar-refractivity contribution is 0.179. The second-order valence-corrected chi connectivity index (χ2v) is 9.75. The Balaban J connectivity index is 1.80. The van der Waals surface area contributed by atoms with Gasteiger partial charge >= 0.3 is 0 Å². The monoisotopic (exact) mass is 429 g/mol. The molecule has 179 valence electrons. The molecule has 1 radical (unpaired) electrons. The maximum Gasteiger partial charge on any atom is 0.0828 e. The lowest BCUT2D eigenvalue weighted by Gasteiger charge is -2.15. The molecule has 0 saturated carbocycles. The lowest BCUT2D eigenvalue weighted by atomic mass is 9.90. The van der Waals surface area contributed by atoms with E-state index in [9.17, 15) is 5.11 Å². The Bertz CT molecular complexity index is 455. The predicted octanol–water partition coefficient (Wildman–Crippen LogP) is 10.4. The van der Waals surface area contributed by atoms with E-state index in [4.69, 9.17) is 0 Å². The van der Waals surface area contributed by atoms with Crippen LogP contribution in [0.25, 0.3) is 0 Å². The van der Waals surface area contributed by atoms with E-state index in [1.165, 1.54) is 134 Å². The summed E-state index contributed by atoms with van der Waals surface area (Å²) in [5.74, 6) is 0.476. The van der Waals surface area contributed by atoms with Crippen LogP contribution in [0.4, 0.5) is 0 Å². The highest BCUT2D eigenvalue weighted by molar-refractivity contribution is 5.19. The summed E-state index contributed by atoms with van der Waals surface area (Å²) in [6.07, 6.45) is 29.1. The molecule has 0 aliphatic rings. The van der Waals surface area contributed by atoms with Crippen molar-refractivity contribution in [2.75, 3.05) is 6.61 Å². The first-order chi connectivity index (χ1) is 15.4. The summed E-state index contributed by atoms with van der Waals surface area (Å²) in [6.45, 7) is 2.35. The minimum absolute atomic E-state index is 0.0543. The van der Waals surface area contributed by atoms with E-state index in [0.29, 0.717) is 5.92 Å². The van der Waals surface area contributed by atoms with Crippen LogP contribution in [0.1, 0.15) is 153 Å². The van der Waals surface area contributed by atoms with Gasteiger partial charge in [-0.3, -0.25) is 0 Å². The minimum Gasteiger partial charge on any atom is -0.237 e. The maximum absolute atomic E-state index is 11.1. The van der Waals surface area contributed by atoms with Crippen molar-refractivity contribution in [3.63, 3.8) is 0 Å². The summed E-state index contributed by atoms with van der Waals surface area (Å²) in [7, 11) is 0. The lowest BCUT2D eigenvalue weighted by Crippen LogP contribution is -2.01. The maximum atomic E-state index is 11.1. The van der Waals surface area contributed by atoms with Gasteiger partial charge in [0.25, 0.3) is 0 Å². The summed E-state index contributed by atoms with van der Waals surface area (Å²) >= 11 is 0. The van der Waals surface area contributed by atoms with Crippen LogP contribution in [0, 0.1) is 0 Å². The number of unbranched alkanes of at least 4 members (excludes halogenated alkanes) is 18. The molecule has 0 heterocycles. The van der Waals surface area contributed by atoms with Gasteiger partial charge in [0, 0.05) is 0 Å². The Hall–Kier alpha value is -0.820. The highest BCUT2D eigenvalue weighted by Crippen LogP contribution is 2.26. The number of benzene rings is 1. The largest absolute Gasteiger partial charge is 0.237 e. The Kier molecular flexibility index (Phi) is 20.4. The van der Waals surface area contributed by atoms with E-state index in [2.05, 4.69) is 37.3 Å². The van der Waals surface area contributed by atoms with Gasteiger partial charge in [-0.15, -0.1) is 0 Å². The van der Waals surface area contributed by atoms with Gasteiger partial charge in [0.1, 0.15) is 0 Å². The molecule has 0 saturated heterocycles. The van der Waals surface area contributed by atoms with Crippen LogP contribution in [-0.2, 0) is 5.11 Å². The first-order valence-electron chi connectivity index (χ1n) is 14.0. The molecule has 0 N–H and O–H groups in total. The van der Waals surface area contributed by atoms with Crippen LogP contribution in [-0.4, -0.2) is 6.61 Å². The molecule has 1 aromatic carbocycles. The first-order valence-corrected chi connectivity index (χ1v) is 14.0. The van der Waals surface area contributed by atoms with Gasteiger partial charge in [-0.25, -0.2) is 5.11 Å². The van der Waals surface area contributed by atoms with Crippen LogP contribution in [0.2, 0.25) is 0 Å². The van der Waals surface area contributed by atoms with Crippen LogP contribution in [0.15, 0.2) is 30.3 Å². The van der Waals surface area contributed by atoms with Crippen molar-refractivity contribution >= 4 is 0 Å². The zero-order chi connectivity index (χ0) is 22.2. The third kappa shape index (κ3) is 17.4. The second kappa shape index (κ2) is 22.4. The summed E-state index contributed by atoms with van der Waals surface area (Å²) < 4.78 is 0. The normalized spacial score (nSPS) is 12.3. The van der Waals surface area contributed by atoms with E-state index in [1.807, 2.05) is 0 Å². The number of rotatable bonds is 23. The third-order valence-electron chi connectivity index (χ3n) is 6.89. The average Bonchev–Trinajstić information content (AvgIpc) is 2.80. The first kappa shape index (κ1) is 28.2. The number of hydrogen-bond donors (Lipinski definition) is 0. The second-order valence-electron chi connectivity index (χ2n) is 9.75. The van der Waals surface area contributed by atoms with Gasteiger partial charge in [0.2, 0.25) is 0 Å². The molecule has 0 amide bonds. The molecule has 1 atom stereocenters. The standard InChI is InChI=1S/C30H53O/c1-2-3-4-5-6-7-8-9-10-11-12-13-14-15-16-17-18-19-21-26-30(27-28-31)29-24-22-20-23-25-29/h20,22-25,30H,2-19,21,26-28H2,1H3. The van der Waals surface area contributed by atoms with Gasteiger partial charge in [0.05, 0.1) is 6.61 Å². The van der Waals surface area contributed by atoms with Crippen molar-refractivity contribution in [2.24, 2.45) is 0 Å². The van der Waals surface area contributed by atoms with E-state index < -0.39 is 0 Å². The van der Waals surface area contributed by atoms with Crippen LogP contribution in [0.3, 0.4) is 0 Å². The molecule has 1 aromatic rings. The highest BCUT2D eigenvalue weighted by atomic mass is 16.3. The molecule has 1 rings (SSSR count). The summed E-state index contributed by atoms with van der Waals surface area (Å²) in [6, 6.07) is 10.6. The fraction of sp³-hybridized carbons (Fsp3) is 0.800. The topological polar surface area (TPSA) is 19.9 Å². The van der Waals surface area contributed by atoms with Crippen molar-refractivity contribution in [3.05, 3.63) is 35.9 Å². The van der Waals surface area contributed by atoms with E-state index >= 15 is 0 Å². The molecule has 1 unspecified atom stereocenters. The van der Waals surface area contributed by atoms with Crippen LogP contribution >= 0.6 is 0 Å². The molecule has 0 fully saturated rings. The molecule has 0 aliphatic heterocycles. The SMILES string of the molecule is CCCCCCCCCCCCCCCCCCCCCC(CC[O])c1ccccc1. The van der Waals surface area contributed by atoms with Gasteiger partial charge in [-0.05, 0) is 24.3 Å². The van der Waals surface area contributed by atoms with Gasteiger partial charge in [-0.1, -0.05) is 159 Å². The molecular weight excluding hydrogens is 376 g/mol. The van der Waals surface area contributed by atoms with Crippen molar-refractivity contribution in [1.29, 1.82) is 0 Å². The molecule has 1 nitrogen and oxygen atoms in total. The van der Waals surface area contributed by atoms with E-state index in [1.54, 1.807) is 0 Å². The van der Waals surface area contributed by atoms with Crippen LogP contribution in [0.5, 0.6) is 0 Å². The zero-order valence-electron chi connectivity index (χ0n) is 20.9. The third-order valence-corrected chi connectivity index (χ3v) is 6.89. The van der Waals surface area contributed by atoms with Crippen molar-refractivity contribution in [1.82, 2.24) is 0 Å². The fourth-order valence-corrected chi connectivity index (χ4v) is 4.81. The minimum atomic E-state index is 0.0543. The number of hydrogen-bond acceptors (Lipinski definition) is 0. The van der Waals surface area contributed by atoms with Crippen molar-refractivity contribution < 1.29 is 5.11 Å². The molecule has 1 heteroatoms. The van der Waals surface area contributed by atoms with Gasteiger partial charge in [-0.2, -0.15) is 0 Å². The van der Waals surface area contributed by atoms with Gasteiger partial charge < -0.3 is 0 Å². The molecule has 31 heavy (non-hydrogen) atoms. The van der Waals surface area contributed by atoms with E-state index in [0.717, 1.165) is 6.42 Å². The summed E-state index contributed by atoms with van der Waals surface area (Å²) in [5, 5.41) is 11.1. The summed E-state index contributed by atoms with van der Waals surface area (Å²) in [5.41, 5.74) is 1.36. The molecule has 0 bridgehead atoms. The smallest absolute Gasteiger partial charge is 0.0828 e.